The van der Waals surface area contributed by atoms with Crippen molar-refractivity contribution in [3.05, 3.63) is 0 Å². The lowest BCUT2D eigenvalue weighted by molar-refractivity contribution is -0.128. The van der Waals surface area contributed by atoms with E-state index in [4.69, 9.17) is 4.74 Å². The molecule has 5 heteroatoms. The number of nitrogens with one attached hydrogen (secondary N) is 1. The molecule has 1 rings (SSSR count). The number of carbonyl (C=O) groups is 1. The van der Waals surface area contributed by atoms with Crippen LogP contribution in [0.1, 0.15) is 6.42 Å². The molecular formula is C11H23N3O2. The summed E-state index contributed by atoms with van der Waals surface area (Å²) in [4.78, 5) is 15.6. The zero-order valence-electron chi connectivity index (χ0n) is 10.5. The number of likely N-dealkylation sites (tertiary alicyclic amines) is 1. The van der Waals surface area contributed by atoms with E-state index in [-0.39, 0.29) is 11.9 Å². The van der Waals surface area contributed by atoms with Crippen LogP contribution in [0.15, 0.2) is 0 Å². The van der Waals surface area contributed by atoms with Gasteiger partial charge in [-0.15, -0.1) is 0 Å². The molecule has 16 heavy (non-hydrogen) atoms. The normalized spacial score (nSPS) is 21.1. The van der Waals surface area contributed by atoms with E-state index in [0.29, 0.717) is 0 Å². The summed E-state index contributed by atoms with van der Waals surface area (Å²) in [6, 6.07) is 0.0285. The molecular weight excluding hydrogens is 206 g/mol. The van der Waals surface area contributed by atoms with Crippen LogP contribution >= 0.6 is 0 Å². The Bertz CT molecular complexity index is 223. The van der Waals surface area contributed by atoms with E-state index in [0.717, 1.165) is 39.2 Å². The summed E-state index contributed by atoms with van der Waals surface area (Å²) >= 11 is 0. The first-order valence-corrected chi connectivity index (χ1v) is 5.81. The molecule has 1 heterocycles. The molecule has 0 radical (unpaired) electrons. The number of nitrogens with zero attached hydrogens (tertiary/aromatic N) is 2. The number of hydrogen-bond acceptors (Lipinski definition) is 4. The molecule has 0 aromatic carbocycles. The zero-order valence-corrected chi connectivity index (χ0v) is 10.5. The van der Waals surface area contributed by atoms with Crippen molar-refractivity contribution in [2.75, 3.05) is 54.0 Å². The Morgan fingerprint density at radius 2 is 2.31 bits per heavy atom. The summed E-state index contributed by atoms with van der Waals surface area (Å²) in [5, 5.41) is 3.30. The lowest BCUT2D eigenvalue weighted by Gasteiger charge is -2.18. The second-order valence-corrected chi connectivity index (χ2v) is 4.35. The molecule has 1 fully saturated rings. The van der Waals surface area contributed by atoms with Crippen LogP contribution < -0.4 is 5.32 Å². The minimum absolute atomic E-state index is 0.0285. The summed E-state index contributed by atoms with van der Waals surface area (Å²) in [6.45, 7) is 4.34. The maximum atomic E-state index is 11.6. The van der Waals surface area contributed by atoms with Crippen molar-refractivity contribution in [3.8, 4) is 0 Å². The third kappa shape index (κ3) is 4.08. The van der Waals surface area contributed by atoms with Crippen LogP contribution in [0.3, 0.4) is 0 Å². The summed E-state index contributed by atoms with van der Waals surface area (Å²) in [6.07, 6.45) is 0.928. The van der Waals surface area contributed by atoms with Crippen LogP contribution in [0, 0.1) is 0 Å². The van der Waals surface area contributed by atoms with E-state index in [1.54, 1.807) is 12.0 Å². The van der Waals surface area contributed by atoms with Gasteiger partial charge in [-0.25, -0.2) is 0 Å². The van der Waals surface area contributed by atoms with Crippen molar-refractivity contribution in [3.63, 3.8) is 0 Å². The Balaban J connectivity index is 2.09. The van der Waals surface area contributed by atoms with Gasteiger partial charge in [-0.2, -0.15) is 0 Å². The Kier molecular flexibility index (Phi) is 5.73. The third-order valence-corrected chi connectivity index (χ3v) is 2.99. The molecule has 1 unspecified atom stereocenters. The minimum atomic E-state index is 0.0285. The van der Waals surface area contributed by atoms with Crippen LogP contribution in [-0.2, 0) is 9.53 Å². The van der Waals surface area contributed by atoms with Crippen LogP contribution in [0.25, 0.3) is 0 Å². The molecule has 1 saturated heterocycles. The van der Waals surface area contributed by atoms with Crippen molar-refractivity contribution in [2.45, 2.75) is 12.5 Å². The highest BCUT2D eigenvalue weighted by Gasteiger charge is 2.27. The van der Waals surface area contributed by atoms with Gasteiger partial charge in [0.1, 0.15) is 0 Å². The van der Waals surface area contributed by atoms with Crippen molar-refractivity contribution in [1.29, 1.82) is 0 Å². The molecule has 1 atom stereocenters. The smallest absolute Gasteiger partial charge is 0.239 e. The van der Waals surface area contributed by atoms with E-state index in [2.05, 4.69) is 17.3 Å². The largest absolute Gasteiger partial charge is 0.383 e. The van der Waals surface area contributed by atoms with Crippen LogP contribution in [-0.4, -0.2) is 75.7 Å². The van der Waals surface area contributed by atoms with Gasteiger partial charge >= 0.3 is 0 Å². The molecule has 0 saturated carbocycles. The highest BCUT2D eigenvalue weighted by Crippen LogP contribution is 2.07. The fourth-order valence-electron chi connectivity index (χ4n) is 1.80. The number of hydrogen-bond donors (Lipinski definition) is 1. The number of carbonyl (C=O) groups excluding carboxylic acids is 1. The average Bonchev–Trinajstić information content (AvgIpc) is 2.58. The van der Waals surface area contributed by atoms with Gasteiger partial charge < -0.3 is 19.9 Å². The van der Waals surface area contributed by atoms with Gasteiger partial charge in [-0.05, 0) is 13.5 Å². The second-order valence-electron chi connectivity index (χ2n) is 4.35. The molecule has 1 amide bonds. The number of methoxy groups -OCH3 is 1. The van der Waals surface area contributed by atoms with Gasteiger partial charge in [-0.3, -0.25) is 4.79 Å². The topological polar surface area (TPSA) is 44.8 Å². The van der Waals surface area contributed by atoms with E-state index in [1.165, 1.54) is 0 Å². The van der Waals surface area contributed by atoms with Crippen molar-refractivity contribution >= 4 is 5.91 Å². The molecule has 0 aromatic heterocycles. The lowest BCUT2D eigenvalue weighted by atomic mass is 10.2. The molecule has 1 N–H and O–H groups in total. The Morgan fingerprint density at radius 3 is 2.88 bits per heavy atom. The van der Waals surface area contributed by atoms with E-state index < -0.39 is 0 Å². The van der Waals surface area contributed by atoms with Gasteiger partial charge in [0.05, 0.1) is 12.6 Å². The first kappa shape index (κ1) is 13.4. The van der Waals surface area contributed by atoms with Gasteiger partial charge in [0, 0.05) is 40.3 Å². The summed E-state index contributed by atoms with van der Waals surface area (Å²) in [5.74, 6) is 0.222. The monoisotopic (exact) mass is 229 g/mol. The van der Waals surface area contributed by atoms with E-state index in [9.17, 15) is 4.79 Å². The Morgan fingerprint density at radius 1 is 1.56 bits per heavy atom. The standard InChI is InChI=1S/C11H23N3O2/c1-13(8-9-16-3)7-5-12-10-4-6-14(2)11(10)15/h10,12H,4-9H2,1-3H3. The predicted molar refractivity (Wildman–Crippen MR) is 63.4 cm³/mol. The lowest BCUT2D eigenvalue weighted by Crippen LogP contribution is -2.41. The molecule has 1 aliphatic rings. The molecule has 0 bridgehead atoms. The minimum Gasteiger partial charge on any atom is -0.383 e. The second kappa shape index (κ2) is 6.83. The number of likely N-dealkylation sites (N-methyl/N-ethyl adjacent to an activating group) is 2. The number of amides is 1. The number of rotatable bonds is 7. The van der Waals surface area contributed by atoms with Crippen LogP contribution in [0.2, 0.25) is 0 Å². The molecule has 0 aliphatic carbocycles. The van der Waals surface area contributed by atoms with Crippen molar-refractivity contribution in [1.82, 2.24) is 15.1 Å². The summed E-state index contributed by atoms with van der Waals surface area (Å²) in [5.41, 5.74) is 0. The molecule has 94 valence electrons. The van der Waals surface area contributed by atoms with Gasteiger partial charge in [0.15, 0.2) is 0 Å². The first-order valence-electron chi connectivity index (χ1n) is 5.81. The Labute approximate surface area is 97.7 Å². The van der Waals surface area contributed by atoms with Crippen LogP contribution in [0.5, 0.6) is 0 Å². The fraction of sp³-hybridized carbons (Fsp3) is 0.909. The maximum Gasteiger partial charge on any atom is 0.239 e. The quantitative estimate of drug-likeness (QED) is 0.632. The van der Waals surface area contributed by atoms with Crippen molar-refractivity contribution in [2.24, 2.45) is 0 Å². The van der Waals surface area contributed by atoms with Crippen molar-refractivity contribution < 1.29 is 9.53 Å². The highest BCUT2D eigenvalue weighted by molar-refractivity contribution is 5.83. The van der Waals surface area contributed by atoms with Gasteiger partial charge in [-0.1, -0.05) is 0 Å². The molecule has 0 spiro atoms. The molecule has 1 aliphatic heterocycles. The molecule has 0 aromatic rings. The van der Waals surface area contributed by atoms with Crippen LogP contribution in [0.4, 0.5) is 0 Å². The third-order valence-electron chi connectivity index (χ3n) is 2.99. The zero-order chi connectivity index (χ0) is 12.0. The highest BCUT2D eigenvalue weighted by atomic mass is 16.5. The SMILES string of the molecule is COCCN(C)CCNC1CCN(C)C1=O. The summed E-state index contributed by atoms with van der Waals surface area (Å²) < 4.78 is 5.00. The van der Waals surface area contributed by atoms with E-state index in [1.807, 2.05) is 7.05 Å². The molecule has 5 nitrogen and oxygen atoms in total. The van der Waals surface area contributed by atoms with Gasteiger partial charge in [0.2, 0.25) is 5.91 Å². The maximum absolute atomic E-state index is 11.6. The van der Waals surface area contributed by atoms with E-state index >= 15 is 0 Å². The first-order chi connectivity index (χ1) is 7.65. The number of ether oxygens (including phenoxy) is 1. The average molecular weight is 229 g/mol. The Hall–Kier alpha value is -0.650. The fourth-order valence-corrected chi connectivity index (χ4v) is 1.80. The summed E-state index contributed by atoms with van der Waals surface area (Å²) in [7, 11) is 5.62. The van der Waals surface area contributed by atoms with Gasteiger partial charge in [0.25, 0.3) is 0 Å². The predicted octanol–water partition coefficient (Wildman–Crippen LogP) is -0.615.